The minimum atomic E-state index is 0.0136. The number of carbonyl (C=O) groups excluding carboxylic acids is 1. The third kappa shape index (κ3) is 5.85. The van der Waals surface area contributed by atoms with E-state index in [9.17, 15) is 4.79 Å². The van der Waals surface area contributed by atoms with Crippen molar-refractivity contribution in [2.75, 3.05) is 20.6 Å². The fourth-order valence-corrected chi connectivity index (χ4v) is 2.64. The molecule has 1 rings (SSSR count). The van der Waals surface area contributed by atoms with Crippen molar-refractivity contribution in [3.8, 4) is 0 Å². The second-order valence-electron chi connectivity index (χ2n) is 5.81. The van der Waals surface area contributed by atoms with Crippen molar-refractivity contribution in [3.05, 3.63) is 0 Å². The Labute approximate surface area is 112 Å². The maximum Gasteiger partial charge on any atom is 0.310 e. The van der Waals surface area contributed by atoms with E-state index in [1.165, 1.54) is 38.5 Å². The summed E-state index contributed by atoms with van der Waals surface area (Å²) in [6.45, 7) is 3.06. The predicted octanol–water partition coefficient (Wildman–Crippen LogP) is 3.23. The highest BCUT2D eigenvalue weighted by Crippen LogP contribution is 2.25. The predicted molar refractivity (Wildman–Crippen MR) is 74.5 cm³/mol. The fourth-order valence-electron chi connectivity index (χ4n) is 2.64. The Balaban J connectivity index is 2.08. The number of hydrogen-bond acceptors (Lipinski definition) is 3. The van der Waals surface area contributed by atoms with Gasteiger partial charge in [-0.1, -0.05) is 39.0 Å². The minimum Gasteiger partial charge on any atom is -0.462 e. The third-order valence-corrected chi connectivity index (χ3v) is 3.63. The molecule has 2 unspecified atom stereocenters. The van der Waals surface area contributed by atoms with Gasteiger partial charge < -0.3 is 9.64 Å². The topological polar surface area (TPSA) is 29.5 Å². The van der Waals surface area contributed by atoms with Crippen LogP contribution >= 0.6 is 0 Å². The molecule has 18 heavy (non-hydrogen) atoms. The van der Waals surface area contributed by atoms with Crippen LogP contribution in [-0.2, 0) is 9.53 Å². The van der Waals surface area contributed by atoms with Crippen molar-refractivity contribution in [2.24, 2.45) is 5.92 Å². The van der Waals surface area contributed by atoms with Crippen LogP contribution in [0.4, 0.5) is 0 Å². The molecule has 0 spiro atoms. The monoisotopic (exact) mass is 255 g/mol. The summed E-state index contributed by atoms with van der Waals surface area (Å²) in [5.74, 6) is 0.116. The number of carbonyl (C=O) groups is 1. The van der Waals surface area contributed by atoms with E-state index in [1.54, 1.807) is 0 Å². The van der Waals surface area contributed by atoms with Gasteiger partial charge in [0.2, 0.25) is 0 Å². The smallest absolute Gasteiger partial charge is 0.310 e. The van der Waals surface area contributed by atoms with Gasteiger partial charge in [0, 0.05) is 6.54 Å². The normalized spacial score (nSPS) is 23.7. The molecule has 0 aromatic rings. The van der Waals surface area contributed by atoms with Crippen LogP contribution in [0.25, 0.3) is 0 Å². The van der Waals surface area contributed by atoms with Crippen LogP contribution in [0.15, 0.2) is 0 Å². The first-order valence-electron chi connectivity index (χ1n) is 7.48. The Kier molecular flexibility index (Phi) is 7.33. The van der Waals surface area contributed by atoms with Crippen molar-refractivity contribution in [3.63, 3.8) is 0 Å². The quantitative estimate of drug-likeness (QED) is 0.468. The summed E-state index contributed by atoms with van der Waals surface area (Å²) in [4.78, 5) is 13.7. The van der Waals surface area contributed by atoms with Crippen LogP contribution in [0, 0.1) is 5.92 Å². The van der Waals surface area contributed by atoms with Crippen LogP contribution in [0.5, 0.6) is 0 Å². The first kappa shape index (κ1) is 15.5. The van der Waals surface area contributed by atoms with E-state index in [1.807, 2.05) is 14.1 Å². The van der Waals surface area contributed by atoms with Gasteiger partial charge >= 0.3 is 5.97 Å². The SMILES string of the molecule is CCCCCCCCC1CC(CN(C)C)C(=O)O1. The average molecular weight is 255 g/mol. The number of nitrogens with zero attached hydrogens (tertiary/aromatic N) is 1. The van der Waals surface area contributed by atoms with Gasteiger partial charge in [0.25, 0.3) is 0 Å². The molecule has 0 bridgehead atoms. The summed E-state index contributed by atoms with van der Waals surface area (Å²) in [7, 11) is 4.02. The van der Waals surface area contributed by atoms with Gasteiger partial charge in [0.05, 0.1) is 5.92 Å². The van der Waals surface area contributed by atoms with Gasteiger partial charge in [-0.25, -0.2) is 0 Å². The number of hydrogen-bond donors (Lipinski definition) is 0. The molecule has 0 aromatic heterocycles. The van der Waals surface area contributed by atoms with Crippen molar-refractivity contribution in [1.82, 2.24) is 4.90 Å². The lowest BCUT2D eigenvalue weighted by molar-refractivity contribution is -0.144. The van der Waals surface area contributed by atoms with Gasteiger partial charge in [0.15, 0.2) is 0 Å². The number of cyclic esters (lactones) is 1. The molecule has 0 amide bonds. The van der Waals surface area contributed by atoms with Gasteiger partial charge in [-0.05, 0) is 33.4 Å². The molecule has 1 fully saturated rings. The number of rotatable bonds is 9. The first-order chi connectivity index (χ1) is 8.63. The van der Waals surface area contributed by atoms with Crippen LogP contribution in [0.3, 0.4) is 0 Å². The molecule has 0 radical (unpaired) electrons. The lowest BCUT2D eigenvalue weighted by Crippen LogP contribution is -2.24. The number of unbranched alkanes of at least 4 members (excludes halogenated alkanes) is 5. The van der Waals surface area contributed by atoms with Gasteiger partial charge in [-0.2, -0.15) is 0 Å². The highest BCUT2D eigenvalue weighted by Gasteiger charge is 2.33. The van der Waals surface area contributed by atoms with Gasteiger partial charge in [-0.15, -0.1) is 0 Å². The fraction of sp³-hybridized carbons (Fsp3) is 0.933. The van der Waals surface area contributed by atoms with Crippen molar-refractivity contribution in [2.45, 2.75) is 64.4 Å². The van der Waals surface area contributed by atoms with E-state index >= 15 is 0 Å². The molecule has 0 aromatic carbocycles. The van der Waals surface area contributed by atoms with Crippen LogP contribution < -0.4 is 0 Å². The minimum absolute atomic E-state index is 0.0136. The van der Waals surface area contributed by atoms with Gasteiger partial charge in [0.1, 0.15) is 6.10 Å². The second kappa shape index (κ2) is 8.52. The molecule has 0 N–H and O–H groups in total. The second-order valence-corrected chi connectivity index (χ2v) is 5.81. The molecule has 2 atom stereocenters. The van der Waals surface area contributed by atoms with E-state index in [4.69, 9.17) is 4.74 Å². The molecular weight excluding hydrogens is 226 g/mol. The summed E-state index contributed by atoms with van der Waals surface area (Å²) >= 11 is 0. The largest absolute Gasteiger partial charge is 0.462 e. The lowest BCUT2D eigenvalue weighted by Gasteiger charge is -2.12. The summed E-state index contributed by atoms with van der Waals surface area (Å²) in [5.41, 5.74) is 0. The molecular formula is C15H29NO2. The molecule has 3 nitrogen and oxygen atoms in total. The Morgan fingerprint density at radius 3 is 2.50 bits per heavy atom. The van der Waals surface area contributed by atoms with Crippen LogP contribution in [0.2, 0.25) is 0 Å². The number of esters is 1. The maximum atomic E-state index is 11.6. The third-order valence-electron chi connectivity index (χ3n) is 3.63. The van der Waals surface area contributed by atoms with Crippen molar-refractivity contribution >= 4 is 5.97 Å². The molecule has 0 saturated carbocycles. The maximum absolute atomic E-state index is 11.6. The summed E-state index contributed by atoms with van der Waals surface area (Å²) in [6.07, 6.45) is 9.99. The van der Waals surface area contributed by atoms with E-state index in [-0.39, 0.29) is 18.0 Å². The average Bonchev–Trinajstić information content (AvgIpc) is 2.64. The Morgan fingerprint density at radius 1 is 1.17 bits per heavy atom. The Morgan fingerprint density at radius 2 is 1.83 bits per heavy atom. The number of ether oxygens (including phenoxy) is 1. The zero-order valence-corrected chi connectivity index (χ0v) is 12.3. The van der Waals surface area contributed by atoms with Crippen LogP contribution in [-0.4, -0.2) is 37.6 Å². The van der Waals surface area contributed by atoms with E-state index in [2.05, 4.69) is 11.8 Å². The molecule has 1 aliphatic heterocycles. The van der Waals surface area contributed by atoms with Crippen molar-refractivity contribution < 1.29 is 9.53 Å². The van der Waals surface area contributed by atoms with E-state index in [0.717, 1.165) is 19.4 Å². The standard InChI is InChI=1S/C15H29NO2/c1-4-5-6-7-8-9-10-14-11-13(12-16(2)3)15(17)18-14/h13-14H,4-12H2,1-3H3. The molecule has 106 valence electrons. The molecule has 3 heteroatoms. The Hall–Kier alpha value is -0.570. The summed E-state index contributed by atoms with van der Waals surface area (Å²) in [6, 6.07) is 0. The summed E-state index contributed by atoms with van der Waals surface area (Å²) in [5, 5.41) is 0. The molecule has 0 aliphatic carbocycles. The zero-order valence-electron chi connectivity index (χ0n) is 12.3. The molecule has 1 heterocycles. The Bertz CT molecular complexity index is 241. The lowest BCUT2D eigenvalue weighted by atomic mass is 10.0. The highest BCUT2D eigenvalue weighted by atomic mass is 16.5. The van der Waals surface area contributed by atoms with Crippen LogP contribution in [0.1, 0.15) is 58.3 Å². The van der Waals surface area contributed by atoms with Crippen molar-refractivity contribution in [1.29, 1.82) is 0 Å². The molecule has 1 saturated heterocycles. The summed E-state index contributed by atoms with van der Waals surface area (Å²) < 4.78 is 5.44. The highest BCUT2D eigenvalue weighted by molar-refractivity contribution is 5.74. The first-order valence-corrected chi connectivity index (χ1v) is 7.48. The van der Waals surface area contributed by atoms with E-state index in [0.29, 0.717) is 0 Å². The van der Waals surface area contributed by atoms with E-state index < -0.39 is 0 Å². The molecule has 1 aliphatic rings. The van der Waals surface area contributed by atoms with Gasteiger partial charge in [-0.3, -0.25) is 4.79 Å². The zero-order chi connectivity index (χ0) is 13.4.